The summed E-state index contributed by atoms with van der Waals surface area (Å²) in [5.41, 5.74) is 2.36. The summed E-state index contributed by atoms with van der Waals surface area (Å²) >= 11 is 0. The Hall–Kier alpha value is -3.86. The zero-order chi connectivity index (χ0) is 21.9. The van der Waals surface area contributed by atoms with Crippen molar-refractivity contribution in [3.8, 4) is 6.07 Å². The summed E-state index contributed by atoms with van der Waals surface area (Å²) in [7, 11) is 3.31. The van der Waals surface area contributed by atoms with Gasteiger partial charge in [-0.3, -0.25) is 9.59 Å². The van der Waals surface area contributed by atoms with Gasteiger partial charge in [-0.1, -0.05) is 24.3 Å². The molecule has 0 fully saturated rings. The predicted octanol–water partition coefficient (Wildman–Crippen LogP) is 3.08. The Kier molecular flexibility index (Phi) is 8.39. The molecule has 0 atom stereocenters. The molecule has 0 bridgehead atoms. The number of hydrogen-bond donors (Lipinski definition) is 3. The van der Waals surface area contributed by atoms with Crippen LogP contribution in [0.1, 0.15) is 30.4 Å². The maximum absolute atomic E-state index is 12.0. The van der Waals surface area contributed by atoms with Crippen LogP contribution in [0.5, 0.6) is 0 Å². The van der Waals surface area contributed by atoms with Crippen molar-refractivity contribution in [1.82, 2.24) is 10.2 Å². The van der Waals surface area contributed by atoms with Crippen LogP contribution in [0.25, 0.3) is 0 Å². The zero-order valence-electron chi connectivity index (χ0n) is 17.1. The Morgan fingerprint density at radius 1 is 0.967 bits per heavy atom. The molecule has 0 aliphatic carbocycles. The number of para-hydroxylation sites is 1. The fourth-order valence-electron chi connectivity index (χ4n) is 2.60. The van der Waals surface area contributed by atoms with Gasteiger partial charge in [-0.25, -0.2) is 4.79 Å². The van der Waals surface area contributed by atoms with Gasteiger partial charge in [0.2, 0.25) is 11.8 Å². The van der Waals surface area contributed by atoms with Crippen LogP contribution >= 0.6 is 0 Å². The number of nitrogens with one attached hydrogen (secondary N) is 3. The SMILES string of the molecule is CN(C)C(=O)Nc1cccc(CNC(=O)CCCC(=O)Nc2ccccc2C#N)c1. The fourth-order valence-corrected chi connectivity index (χ4v) is 2.60. The summed E-state index contributed by atoms with van der Waals surface area (Å²) in [5, 5.41) is 17.3. The van der Waals surface area contributed by atoms with Gasteiger partial charge < -0.3 is 20.9 Å². The van der Waals surface area contributed by atoms with Crippen LogP contribution in [0.15, 0.2) is 48.5 Å². The second-order valence-corrected chi connectivity index (χ2v) is 6.86. The number of carbonyl (C=O) groups excluding carboxylic acids is 3. The van der Waals surface area contributed by atoms with E-state index in [0.29, 0.717) is 29.9 Å². The van der Waals surface area contributed by atoms with Gasteiger partial charge in [-0.2, -0.15) is 5.26 Å². The summed E-state index contributed by atoms with van der Waals surface area (Å²) < 4.78 is 0. The zero-order valence-corrected chi connectivity index (χ0v) is 17.1. The quantitative estimate of drug-likeness (QED) is 0.624. The summed E-state index contributed by atoms with van der Waals surface area (Å²) in [4.78, 5) is 37.2. The molecular formula is C22H25N5O3. The first kappa shape index (κ1) is 22.4. The molecule has 156 valence electrons. The van der Waals surface area contributed by atoms with E-state index in [1.165, 1.54) is 4.90 Å². The molecule has 0 heterocycles. The molecule has 4 amide bonds. The van der Waals surface area contributed by atoms with Crippen molar-refractivity contribution in [3.05, 3.63) is 59.7 Å². The first-order chi connectivity index (χ1) is 14.4. The molecule has 0 aromatic heterocycles. The number of rotatable bonds is 8. The molecule has 0 radical (unpaired) electrons. The van der Waals surface area contributed by atoms with Crippen molar-refractivity contribution in [3.63, 3.8) is 0 Å². The van der Waals surface area contributed by atoms with Crippen LogP contribution in [0.4, 0.5) is 16.2 Å². The van der Waals surface area contributed by atoms with Crippen molar-refractivity contribution in [2.24, 2.45) is 0 Å². The van der Waals surface area contributed by atoms with E-state index in [0.717, 1.165) is 5.56 Å². The molecule has 0 saturated heterocycles. The molecule has 2 aromatic rings. The smallest absolute Gasteiger partial charge is 0.321 e. The molecule has 2 aromatic carbocycles. The van der Waals surface area contributed by atoms with Gasteiger partial charge in [0.05, 0.1) is 11.3 Å². The molecule has 0 spiro atoms. The monoisotopic (exact) mass is 407 g/mol. The van der Waals surface area contributed by atoms with Crippen LogP contribution in [0.2, 0.25) is 0 Å². The average Bonchev–Trinajstić information content (AvgIpc) is 2.73. The van der Waals surface area contributed by atoms with E-state index in [-0.39, 0.29) is 30.7 Å². The second kappa shape index (κ2) is 11.2. The fraction of sp³-hybridized carbons (Fsp3) is 0.273. The van der Waals surface area contributed by atoms with Gasteiger partial charge in [0.1, 0.15) is 6.07 Å². The highest BCUT2D eigenvalue weighted by Crippen LogP contribution is 2.14. The minimum absolute atomic E-state index is 0.164. The number of urea groups is 1. The van der Waals surface area contributed by atoms with E-state index < -0.39 is 0 Å². The van der Waals surface area contributed by atoms with Crippen molar-refractivity contribution < 1.29 is 14.4 Å². The topological polar surface area (TPSA) is 114 Å². The van der Waals surface area contributed by atoms with Crippen LogP contribution in [0, 0.1) is 11.3 Å². The van der Waals surface area contributed by atoms with Crippen LogP contribution in [0.3, 0.4) is 0 Å². The summed E-state index contributed by atoms with van der Waals surface area (Å²) in [6.07, 6.45) is 0.787. The Balaban J connectivity index is 1.73. The van der Waals surface area contributed by atoms with Gasteiger partial charge >= 0.3 is 6.03 Å². The molecule has 2 rings (SSSR count). The number of carbonyl (C=O) groups is 3. The summed E-state index contributed by atoms with van der Waals surface area (Å²) in [6, 6.07) is 15.8. The Morgan fingerprint density at radius 2 is 1.70 bits per heavy atom. The Labute approximate surface area is 175 Å². The normalized spacial score (nSPS) is 9.90. The van der Waals surface area contributed by atoms with Crippen LogP contribution in [-0.2, 0) is 16.1 Å². The van der Waals surface area contributed by atoms with Gasteiger partial charge in [0, 0.05) is 39.2 Å². The largest absolute Gasteiger partial charge is 0.352 e. The predicted molar refractivity (Wildman–Crippen MR) is 115 cm³/mol. The first-order valence-electron chi connectivity index (χ1n) is 9.52. The minimum atomic E-state index is -0.241. The highest BCUT2D eigenvalue weighted by Gasteiger charge is 2.09. The maximum Gasteiger partial charge on any atom is 0.321 e. The van der Waals surface area contributed by atoms with E-state index in [1.54, 1.807) is 56.6 Å². The van der Waals surface area contributed by atoms with Crippen LogP contribution < -0.4 is 16.0 Å². The number of nitrogens with zero attached hydrogens (tertiary/aromatic N) is 2. The van der Waals surface area contributed by atoms with Crippen molar-refractivity contribution in [1.29, 1.82) is 5.26 Å². The Morgan fingerprint density at radius 3 is 2.43 bits per heavy atom. The molecule has 0 aliphatic rings. The number of nitriles is 1. The highest BCUT2D eigenvalue weighted by atomic mass is 16.2. The first-order valence-corrected chi connectivity index (χ1v) is 9.52. The average molecular weight is 407 g/mol. The lowest BCUT2D eigenvalue weighted by molar-refractivity contribution is -0.121. The molecular weight excluding hydrogens is 382 g/mol. The van der Waals surface area contributed by atoms with Gasteiger partial charge in [0.15, 0.2) is 0 Å². The van der Waals surface area contributed by atoms with E-state index in [2.05, 4.69) is 16.0 Å². The lowest BCUT2D eigenvalue weighted by Crippen LogP contribution is -2.27. The second-order valence-electron chi connectivity index (χ2n) is 6.86. The van der Waals surface area contributed by atoms with Gasteiger partial charge in [-0.05, 0) is 36.2 Å². The molecule has 0 aliphatic heterocycles. The number of anilines is 2. The Bertz CT molecular complexity index is 950. The minimum Gasteiger partial charge on any atom is -0.352 e. The third kappa shape index (κ3) is 7.28. The van der Waals surface area contributed by atoms with Crippen LogP contribution in [-0.4, -0.2) is 36.8 Å². The summed E-state index contributed by atoms with van der Waals surface area (Å²) in [6.45, 7) is 0.326. The van der Waals surface area contributed by atoms with Crippen molar-refractivity contribution in [2.45, 2.75) is 25.8 Å². The molecule has 0 unspecified atom stereocenters. The highest BCUT2D eigenvalue weighted by molar-refractivity contribution is 5.92. The number of benzene rings is 2. The van der Waals surface area contributed by atoms with E-state index >= 15 is 0 Å². The number of hydrogen-bond acceptors (Lipinski definition) is 4. The molecule has 8 nitrogen and oxygen atoms in total. The van der Waals surface area contributed by atoms with Gasteiger partial charge in [-0.15, -0.1) is 0 Å². The third-order valence-corrected chi connectivity index (χ3v) is 4.20. The van der Waals surface area contributed by atoms with Crippen molar-refractivity contribution in [2.75, 3.05) is 24.7 Å². The third-order valence-electron chi connectivity index (χ3n) is 4.20. The van der Waals surface area contributed by atoms with Gasteiger partial charge in [0.25, 0.3) is 0 Å². The lowest BCUT2D eigenvalue weighted by atomic mass is 10.1. The molecule has 8 heteroatoms. The van der Waals surface area contributed by atoms with E-state index in [9.17, 15) is 14.4 Å². The lowest BCUT2D eigenvalue weighted by Gasteiger charge is -2.13. The standard InChI is InChI=1S/C22H25N5O3/c1-27(2)22(30)25-18-9-5-7-16(13-18)15-24-20(28)11-6-12-21(29)26-19-10-4-3-8-17(19)14-23/h3-5,7-10,13H,6,11-12,15H2,1-2H3,(H,24,28)(H,25,30)(H,26,29). The maximum atomic E-state index is 12.0. The molecule has 30 heavy (non-hydrogen) atoms. The number of amides is 4. The molecule has 0 saturated carbocycles. The molecule has 3 N–H and O–H groups in total. The van der Waals surface area contributed by atoms with E-state index in [1.807, 2.05) is 12.1 Å². The summed E-state index contributed by atoms with van der Waals surface area (Å²) in [5.74, 6) is -0.405. The van der Waals surface area contributed by atoms with E-state index in [4.69, 9.17) is 5.26 Å². The van der Waals surface area contributed by atoms with Crippen molar-refractivity contribution >= 4 is 29.2 Å².